The van der Waals surface area contributed by atoms with E-state index in [0.717, 1.165) is 30.4 Å². The topological polar surface area (TPSA) is 250 Å². The number of unbranched alkanes of at least 4 members (excludes halogenated alkanes) is 4. The van der Waals surface area contributed by atoms with E-state index >= 15 is 0 Å². The van der Waals surface area contributed by atoms with Crippen molar-refractivity contribution in [3.05, 3.63) is 82.4 Å². The summed E-state index contributed by atoms with van der Waals surface area (Å²) in [6, 6.07) is 10.6. The molecule has 2 unspecified atom stereocenters. The summed E-state index contributed by atoms with van der Waals surface area (Å²) in [4.78, 5) is 85.2. The molecule has 1 aliphatic heterocycles. The SMILES string of the molecule is CCCCCCCc1ccc(C(=O)N[C@@H](CCN)C(=O)N(C)C2C(=O)N[C@@H](C3CC3)C(=O)NC(C(=O)N[C@@H](C)C(C)=O)Cc3ccc(OCCN)c(c3)-c3cc2ccc3OCCN)c(C)c1. The lowest BCUT2D eigenvalue weighted by atomic mass is 9.93. The number of hydrogen-bond donors (Lipinski definition) is 7. The van der Waals surface area contributed by atoms with Crippen LogP contribution < -0.4 is 47.9 Å². The monoisotopic (exact) mass is 911 g/mol. The maximum atomic E-state index is 14.9. The molecule has 1 fully saturated rings. The normalized spacial score (nSPS) is 18.2. The third-order valence-corrected chi connectivity index (χ3v) is 12.3. The van der Waals surface area contributed by atoms with E-state index < -0.39 is 59.7 Å². The second-order valence-corrected chi connectivity index (χ2v) is 17.6. The van der Waals surface area contributed by atoms with E-state index in [1.807, 2.05) is 25.1 Å². The number of Topliss-reactive ketones (excluding diaryl/α,β-unsaturated/α-hetero) is 1. The van der Waals surface area contributed by atoms with Crippen molar-refractivity contribution in [2.75, 3.05) is 39.9 Å². The van der Waals surface area contributed by atoms with Crippen LogP contribution in [-0.4, -0.2) is 104 Å². The van der Waals surface area contributed by atoms with Crippen LogP contribution in [0.3, 0.4) is 0 Å². The van der Waals surface area contributed by atoms with Gasteiger partial charge in [-0.15, -0.1) is 0 Å². The van der Waals surface area contributed by atoms with Crippen molar-refractivity contribution in [2.24, 2.45) is 23.1 Å². The van der Waals surface area contributed by atoms with Gasteiger partial charge in [-0.1, -0.05) is 56.9 Å². The molecule has 0 radical (unpaired) electrons. The van der Waals surface area contributed by atoms with Gasteiger partial charge in [-0.3, -0.25) is 28.8 Å². The van der Waals surface area contributed by atoms with E-state index in [4.69, 9.17) is 26.7 Å². The van der Waals surface area contributed by atoms with E-state index in [1.165, 1.54) is 38.1 Å². The minimum atomic E-state index is -1.35. The van der Waals surface area contributed by atoms with E-state index in [9.17, 15) is 28.8 Å². The number of ketones is 1. The summed E-state index contributed by atoms with van der Waals surface area (Å²) >= 11 is 0. The molecule has 0 saturated heterocycles. The number of fused-ring (bicyclic) bond motifs is 5. The van der Waals surface area contributed by atoms with Crippen molar-refractivity contribution in [3.63, 3.8) is 0 Å². The number of nitrogens with two attached hydrogens (primary N) is 3. The zero-order valence-electron chi connectivity index (χ0n) is 39.2. The molecule has 1 saturated carbocycles. The Labute approximate surface area is 388 Å². The molecule has 1 heterocycles. The Bertz CT molecular complexity index is 2190. The molecule has 5 atom stereocenters. The van der Waals surface area contributed by atoms with Gasteiger partial charge in [0.2, 0.25) is 23.6 Å². The van der Waals surface area contributed by atoms with Crippen molar-refractivity contribution >= 4 is 35.3 Å². The first-order valence-electron chi connectivity index (χ1n) is 23.4. The number of carbonyl (C=O) groups is 6. The van der Waals surface area contributed by atoms with Crippen LogP contribution in [-0.2, 0) is 36.8 Å². The van der Waals surface area contributed by atoms with Gasteiger partial charge in [-0.05, 0) is 118 Å². The molecule has 1 aliphatic carbocycles. The highest BCUT2D eigenvalue weighted by Crippen LogP contribution is 2.41. The van der Waals surface area contributed by atoms with Crippen molar-refractivity contribution < 1.29 is 38.2 Å². The number of benzene rings is 3. The Balaban J connectivity index is 1.58. The van der Waals surface area contributed by atoms with Gasteiger partial charge >= 0.3 is 0 Å². The quantitative estimate of drug-likeness (QED) is 0.0719. The van der Waals surface area contributed by atoms with Crippen LogP contribution in [0.2, 0.25) is 0 Å². The summed E-state index contributed by atoms with van der Waals surface area (Å²) in [5.74, 6) is -2.57. The average Bonchev–Trinajstić information content (AvgIpc) is 4.14. The van der Waals surface area contributed by atoms with Gasteiger partial charge in [-0.2, -0.15) is 0 Å². The molecule has 3 aromatic carbocycles. The van der Waals surface area contributed by atoms with Gasteiger partial charge in [0.05, 0.1) is 6.04 Å². The second-order valence-electron chi connectivity index (χ2n) is 17.6. The van der Waals surface area contributed by atoms with Gasteiger partial charge < -0.3 is 52.8 Å². The van der Waals surface area contributed by atoms with E-state index in [0.29, 0.717) is 52.2 Å². The van der Waals surface area contributed by atoms with E-state index in [1.54, 1.807) is 43.3 Å². The lowest BCUT2D eigenvalue weighted by molar-refractivity contribution is -0.142. The molecule has 0 aromatic heterocycles. The van der Waals surface area contributed by atoms with Crippen LogP contribution in [0, 0.1) is 12.8 Å². The first kappa shape index (κ1) is 51.1. The van der Waals surface area contributed by atoms with Gasteiger partial charge in [0.25, 0.3) is 5.91 Å². The standard InChI is InChI=1S/C50H70N8O8/c1-6-7-8-9-10-11-33-12-17-37(30(2)26-33)46(60)55-40(20-21-51)50(64)58(5)45-36-16-19-43(66-25-23-53)39(29-36)38-27-34(13-18-42(38)65-24-22-52)28-41(47(61)54-31(3)32(4)59)56-48(62)44(35-14-15-35)57-49(45)63/h12-13,16-19,26-27,29,31,35,40-41,44-45H,6-11,14-15,20-25,28,51-53H2,1-5H3,(H,54,61)(H,55,60)(H,56,62)(H,57,63)/t31-,40-,41?,44-,45?/m0/s1. The lowest BCUT2D eigenvalue weighted by Gasteiger charge is -2.33. The Morgan fingerprint density at radius 3 is 2.11 bits per heavy atom. The minimum absolute atomic E-state index is 0.0211. The molecule has 66 heavy (non-hydrogen) atoms. The number of rotatable bonds is 22. The molecule has 16 nitrogen and oxygen atoms in total. The Hall–Kier alpha value is -5.84. The summed E-state index contributed by atoms with van der Waals surface area (Å²) in [6.07, 6.45) is 8.07. The van der Waals surface area contributed by atoms with Gasteiger partial charge in [0.15, 0.2) is 5.78 Å². The Morgan fingerprint density at radius 1 is 0.818 bits per heavy atom. The molecule has 10 N–H and O–H groups in total. The molecule has 3 aromatic rings. The first-order chi connectivity index (χ1) is 31.7. The molecule has 2 aliphatic rings. The minimum Gasteiger partial charge on any atom is -0.492 e. The lowest BCUT2D eigenvalue weighted by Crippen LogP contribution is -2.58. The van der Waals surface area contributed by atoms with Crippen LogP contribution in [0.15, 0.2) is 54.6 Å². The Morgan fingerprint density at radius 2 is 1.48 bits per heavy atom. The molecular formula is C50H70N8O8. The molecule has 5 rings (SSSR count). The maximum Gasteiger partial charge on any atom is 0.252 e. The smallest absolute Gasteiger partial charge is 0.252 e. The highest BCUT2D eigenvalue weighted by atomic mass is 16.5. The first-order valence-corrected chi connectivity index (χ1v) is 23.4. The van der Waals surface area contributed by atoms with Crippen molar-refractivity contribution in [1.82, 2.24) is 26.2 Å². The van der Waals surface area contributed by atoms with E-state index in [-0.39, 0.29) is 57.4 Å². The van der Waals surface area contributed by atoms with Crippen LogP contribution in [0.1, 0.15) is 111 Å². The van der Waals surface area contributed by atoms with E-state index in [2.05, 4.69) is 28.2 Å². The summed E-state index contributed by atoms with van der Waals surface area (Å²) < 4.78 is 12.3. The molecule has 0 spiro atoms. The number of aryl methyl sites for hydroxylation is 2. The van der Waals surface area contributed by atoms with Crippen LogP contribution in [0.25, 0.3) is 11.1 Å². The third kappa shape index (κ3) is 13.6. The summed E-state index contributed by atoms with van der Waals surface area (Å²) in [5, 5.41) is 11.4. The fourth-order valence-electron chi connectivity index (χ4n) is 8.27. The predicted octanol–water partition coefficient (Wildman–Crippen LogP) is 3.53. The zero-order chi connectivity index (χ0) is 47.9. The van der Waals surface area contributed by atoms with Crippen molar-refractivity contribution in [3.8, 4) is 22.6 Å². The van der Waals surface area contributed by atoms with Crippen LogP contribution in [0.5, 0.6) is 11.5 Å². The highest BCUT2D eigenvalue weighted by Gasteiger charge is 2.42. The van der Waals surface area contributed by atoms with Crippen molar-refractivity contribution in [1.29, 1.82) is 0 Å². The number of amides is 5. The fourth-order valence-corrected chi connectivity index (χ4v) is 8.27. The largest absolute Gasteiger partial charge is 0.492 e. The second kappa shape index (κ2) is 24.6. The van der Waals surface area contributed by atoms with Gasteiger partial charge in [0.1, 0.15) is 48.9 Å². The number of ether oxygens (including phenoxy) is 2. The molecule has 4 bridgehead atoms. The van der Waals surface area contributed by atoms with Gasteiger partial charge in [-0.25, -0.2) is 0 Å². The van der Waals surface area contributed by atoms with Crippen LogP contribution >= 0.6 is 0 Å². The number of nitrogens with zero attached hydrogens (tertiary/aromatic N) is 1. The maximum absolute atomic E-state index is 14.9. The molecule has 358 valence electrons. The Kier molecular flexibility index (Phi) is 19.1. The third-order valence-electron chi connectivity index (χ3n) is 12.3. The summed E-state index contributed by atoms with van der Waals surface area (Å²) in [5.41, 5.74) is 22.2. The number of hydrogen-bond acceptors (Lipinski definition) is 11. The van der Waals surface area contributed by atoms with Crippen molar-refractivity contribution in [2.45, 2.75) is 122 Å². The fraction of sp³-hybridized carbons (Fsp3) is 0.520. The average molecular weight is 911 g/mol. The summed E-state index contributed by atoms with van der Waals surface area (Å²) in [7, 11) is 1.48. The molecular weight excluding hydrogens is 841 g/mol. The number of carbonyl (C=O) groups excluding carboxylic acids is 6. The predicted molar refractivity (Wildman–Crippen MR) is 254 cm³/mol. The van der Waals surface area contributed by atoms with Gasteiger partial charge in [0, 0.05) is 43.2 Å². The number of likely N-dealkylation sites (N-methyl/N-ethyl adjacent to an activating group) is 1. The number of nitrogens with one attached hydrogen (secondary N) is 4. The summed E-state index contributed by atoms with van der Waals surface area (Å²) in [6.45, 7) is 7.77. The molecule has 5 amide bonds. The highest BCUT2D eigenvalue weighted by molar-refractivity contribution is 6.00. The van der Waals surface area contributed by atoms with Crippen LogP contribution in [0.4, 0.5) is 0 Å². The zero-order valence-corrected chi connectivity index (χ0v) is 39.2. The molecule has 16 heteroatoms.